The number of nitrogens with one attached hydrogen (secondary N) is 1. The lowest BCUT2D eigenvalue weighted by molar-refractivity contribution is -0.122. The number of nitrogens with two attached hydrogens (primary N) is 1. The highest BCUT2D eigenvalue weighted by molar-refractivity contribution is 5.81. The number of fused-ring (bicyclic) bond motifs is 1. The van der Waals surface area contributed by atoms with Crippen molar-refractivity contribution in [1.82, 2.24) is 5.32 Å². The predicted octanol–water partition coefficient (Wildman–Crippen LogP) is 0.196. The first-order chi connectivity index (χ1) is 6.11. The van der Waals surface area contributed by atoms with E-state index in [9.17, 15) is 9.18 Å². The van der Waals surface area contributed by atoms with Crippen LogP contribution < -0.4 is 11.1 Å². The second-order valence-electron chi connectivity index (χ2n) is 4.17. The van der Waals surface area contributed by atoms with E-state index in [0.29, 0.717) is 0 Å². The van der Waals surface area contributed by atoms with E-state index in [4.69, 9.17) is 5.73 Å². The molecule has 2 rings (SSSR count). The normalized spacial score (nSPS) is 43.9. The Bertz CT molecular complexity index is 232. The average Bonchev–Trinajstić information content (AvgIpc) is 2.55. The fraction of sp³-hybridized carbons (Fsp3) is 0.889. The van der Waals surface area contributed by atoms with Crippen molar-refractivity contribution >= 4 is 5.91 Å². The molecule has 0 radical (unpaired) electrons. The lowest BCUT2D eigenvalue weighted by Crippen LogP contribution is -2.44. The first-order valence-electron chi connectivity index (χ1n) is 4.81. The fourth-order valence-corrected chi connectivity index (χ4v) is 2.28. The average molecular weight is 186 g/mol. The lowest BCUT2D eigenvalue weighted by Gasteiger charge is -2.16. The topological polar surface area (TPSA) is 55.1 Å². The molecule has 2 aliphatic rings. The van der Waals surface area contributed by atoms with Crippen LogP contribution in [0.2, 0.25) is 0 Å². The second-order valence-corrected chi connectivity index (χ2v) is 4.17. The molecule has 0 saturated heterocycles. The SMILES string of the molecule is C[C@@H](N)C(=O)N[C@H]1CC[C@H]2[C@@H](F)[C@H]21. The summed E-state index contributed by atoms with van der Waals surface area (Å²) in [5, 5.41) is 2.80. The molecule has 74 valence electrons. The Morgan fingerprint density at radius 1 is 1.62 bits per heavy atom. The molecule has 13 heavy (non-hydrogen) atoms. The van der Waals surface area contributed by atoms with Crippen LogP contribution in [0.3, 0.4) is 0 Å². The van der Waals surface area contributed by atoms with Gasteiger partial charge in [-0.05, 0) is 25.7 Å². The number of alkyl halides is 1. The molecule has 3 N–H and O–H groups in total. The van der Waals surface area contributed by atoms with Gasteiger partial charge in [0, 0.05) is 12.0 Å². The van der Waals surface area contributed by atoms with Crippen LogP contribution in [0.4, 0.5) is 4.39 Å². The van der Waals surface area contributed by atoms with Crippen molar-refractivity contribution < 1.29 is 9.18 Å². The van der Waals surface area contributed by atoms with E-state index >= 15 is 0 Å². The molecule has 0 aliphatic heterocycles. The molecule has 2 saturated carbocycles. The van der Waals surface area contributed by atoms with Crippen molar-refractivity contribution in [2.75, 3.05) is 0 Å². The van der Waals surface area contributed by atoms with E-state index in [0.717, 1.165) is 12.8 Å². The Balaban J connectivity index is 1.86. The minimum absolute atomic E-state index is 0.0403. The Labute approximate surface area is 76.9 Å². The van der Waals surface area contributed by atoms with Crippen molar-refractivity contribution in [2.45, 2.75) is 38.0 Å². The Hall–Kier alpha value is -0.640. The quantitative estimate of drug-likeness (QED) is 0.647. The minimum atomic E-state index is -0.674. The van der Waals surface area contributed by atoms with Gasteiger partial charge in [0.2, 0.25) is 5.91 Å². The molecule has 0 aromatic heterocycles. The Morgan fingerprint density at radius 2 is 2.31 bits per heavy atom. The number of halogens is 1. The van der Waals surface area contributed by atoms with E-state index in [2.05, 4.69) is 5.32 Å². The van der Waals surface area contributed by atoms with Crippen LogP contribution in [0.25, 0.3) is 0 Å². The van der Waals surface area contributed by atoms with E-state index in [-0.39, 0.29) is 23.8 Å². The first-order valence-corrected chi connectivity index (χ1v) is 4.81. The van der Waals surface area contributed by atoms with Crippen LogP contribution in [-0.2, 0) is 4.79 Å². The Kier molecular flexibility index (Phi) is 2.02. The predicted molar refractivity (Wildman–Crippen MR) is 46.7 cm³/mol. The second kappa shape index (κ2) is 2.94. The number of amides is 1. The third kappa shape index (κ3) is 1.43. The molecule has 0 spiro atoms. The largest absolute Gasteiger partial charge is 0.352 e. The molecule has 0 heterocycles. The maximum Gasteiger partial charge on any atom is 0.236 e. The molecular formula is C9H15FN2O. The zero-order chi connectivity index (χ0) is 9.59. The molecular weight excluding hydrogens is 171 g/mol. The fourth-order valence-electron chi connectivity index (χ4n) is 2.28. The summed E-state index contributed by atoms with van der Waals surface area (Å²) >= 11 is 0. The van der Waals surface area contributed by atoms with Crippen LogP contribution in [0.5, 0.6) is 0 Å². The van der Waals surface area contributed by atoms with Gasteiger partial charge in [-0.1, -0.05) is 0 Å². The van der Waals surface area contributed by atoms with Crippen LogP contribution >= 0.6 is 0 Å². The van der Waals surface area contributed by atoms with Crippen LogP contribution in [0.15, 0.2) is 0 Å². The van der Waals surface area contributed by atoms with Gasteiger partial charge in [0.15, 0.2) is 0 Å². The first kappa shape index (κ1) is 8.94. The summed E-state index contributed by atoms with van der Waals surface area (Å²) in [4.78, 5) is 11.2. The molecule has 1 amide bonds. The molecule has 0 aromatic rings. The smallest absolute Gasteiger partial charge is 0.236 e. The van der Waals surface area contributed by atoms with Gasteiger partial charge in [-0.3, -0.25) is 4.79 Å². The van der Waals surface area contributed by atoms with Gasteiger partial charge in [0.25, 0.3) is 0 Å². The zero-order valence-corrected chi connectivity index (χ0v) is 7.66. The third-order valence-corrected chi connectivity index (χ3v) is 3.15. The highest BCUT2D eigenvalue weighted by Crippen LogP contribution is 2.54. The molecule has 0 aromatic carbocycles. The maximum atomic E-state index is 12.9. The van der Waals surface area contributed by atoms with E-state index in [1.807, 2.05) is 0 Å². The summed E-state index contributed by atoms with van der Waals surface area (Å²) in [5.41, 5.74) is 5.40. The van der Waals surface area contributed by atoms with Gasteiger partial charge in [-0.15, -0.1) is 0 Å². The summed E-state index contributed by atoms with van der Waals surface area (Å²) < 4.78 is 12.9. The highest BCUT2D eigenvalue weighted by atomic mass is 19.1. The van der Waals surface area contributed by atoms with Gasteiger partial charge >= 0.3 is 0 Å². The molecule has 5 atom stereocenters. The molecule has 0 bridgehead atoms. The van der Waals surface area contributed by atoms with Crippen molar-refractivity contribution in [2.24, 2.45) is 17.6 Å². The summed E-state index contributed by atoms with van der Waals surface area (Å²) in [7, 11) is 0. The van der Waals surface area contributed by atoms with E-state index in [1.54, 1.807) is 6.92 Å². The molecule has 0 unspecified atom stereocenters. The minimum Gasteiger partial charge on any atom is -0.352 e. The van der Waals surface area contributed by atoms with Crippen molar-refractivity contribution in [3.8, 4) is 0 Å². The summed E-state index contributed by atoms with van der Waals surface area (Å²) in [6.07, 6.45) is 1.15. The number of rotatable bonds is 2. The molecule has 4 heteroatoms. The highest BCUT2D eigenvalue weighted by Gasteiger charge is 2.59. The molecule has 2 aliphatic carbocycles. The number of hydrogen-bond donors (Lipinski definition) is 2. The van der Waals surface area contributed by atoms with Gasteiger partial charge < -0.3 is 11.1 Å². The van der Waals surface area contributed by atoms with Gasteiger partial charge in [-0.2, -0.15) is 0 Å². The van der Waals surface area contributed by atoms with Crippen LogP contribution in [0, 0.1) is 11.8 Å². The monoisotopic (exact) mass is 186 g/mol. The van der Waals surface area contributed by atoms with Crippen molar-refractivity contribution in [3.63, 3.8) is 0 Å². The van der Waals surface area contributed by atoms with Crippen LogP contribution in [-0.4, -0.2) is 24.2 Å². The number of hydrogen-bond acceptors (Lipinski definition) is 2. The summed E-state index contributed by atoms with van der Waals surface area (Å²) in [5.74, 6) is 0.144. The molecule has 2 fully saturated rings. The van der Waals surface area contributed by atoms with Gasteiger partial charge in [-0.25, -0.2) is 4.39 Å². The lowest BCUT2D eigenvalue weighted by atomic mass is 10.1. The van der Waals surface area contributed by atoms with Gasteiger partial charge in [0.1, 0.15) is 6.17 Å². The number of carbonyl (C=O) groups excluding carboxylic acids is 1. The van der Waals surface area contributed by atoms with Crippen molar-refractivity contribution in [1.29, 1.82) is 0 Å². The zero-order valence-electron chi connectivity index (χ0n) is 7.66. The molecule has 3 nitrogen and oxygen atoms in total. The Morgan fingerprint density at radius 3 is 2.77 bits per heavy atom. The summed E-state index contributed by atoms with van der Waals surface area (Å²) in [6, 6.07) is -0.450. The third-order valence-electron chi connectivity index (χ3n) is 3.15. The standard InChI is InChI=1S/C9H15FN2O/c1-4(11)9(13)12-6-3-2-5-7(6)8(5)10/h4-8H,2-3,11H2,1H3,(H,12,13)/t4-,5-,6+,7-,8-/m1/s1. The van der Waals surface area contributed by atoms with Gasteiger partial charge in [0.05, 0.1) is 6.04 Å². The van der Waals surface area contributed by atoms with E-state index in [1.165, 1.54) is 0 Å². The van der Waals surface area contributed by atoms with E-state index < -0.39 is 12.2 Å². The van der Waals surface area contributed by atoms with Crippen LogP contribution in [0.1, 0.15) is 19.8 Å². The van der Waals surface area contributed by atoms with Crippen molar-refractivity contribution in [3.05, 3.63) is 0 Å². The number of carbonyl (C=O) groups is 1. The maximum absolute atomic E-state index is 12.9. The summed E-state index contributed by atoms with van der Waals surface area (Å²) in [6.45, 7) is 1.64.